The monoisotopic (exact) mass is 190 g/mol. The summed E-state index contributed by atoms with van der Waals surface area (Å²) in [4.78, 5) is 10.7. The van der Waals surface area contributed by atoms with Gasteiger partial charge in [-0.2, -0.15) is 5.10 Å². The van der Waals surface area contributed by atoms with E-state index in [4.69, 9.17) is 4.74 Å². The molecule has 0 spiro atoms. The number of hydrogen-bond donors (Lipinski definition) is 0. The van der Waals surface area contributed by atoms with E-state index < -0.39 is 0 Å². The fourth-order valence-corrected chi connectivity index (χ4v) is 1.50. The Hall–Kier alpha value is -1.84. The summed E-state index contributed by atoms with van der Waals surface area (Å²) in [7, 11) is 3.37. The van der Waals surface area contributed by atoms with E-state index in [2.05, 4.69) is 5.10 Å². The molecule has 0 radical (unpaired) electrons. The van der Waals surface area contributed by atoms with Gasteiger partial charge in [0.2, 0.25) is 0 Å². The summed E-state index contributed by atoms with van der Waals surface area (Å²) >= 11 is 0. The number of ether oxygens (including phenoxy) is 1. The number of carbonyl (C=O) groups is 1. The third-order valence-electron chi connectivity index (χ3n) is 2.11. The molecular formula is C10H10N2O2. The first kappa shape index (κ1) is 8.74. The van der Waals surface area contributed by atoms with Gasteiger partial charge in [-0.3, -0.25) is 9.48 Å². The predicted octanol–water partition coefficient (Wildman–Crippen LogP) is 1.39. The van der Waals surface area contributed by atoms with E-state index in [0.717, 1.165) is 17.2 Å². The van der Waals surface area contributed by atoms with E-state index in [1.165, 1.54) is 7.11 Å². The molecule has 1 heterocycles. The lowest BCUT2D eigenvalue weighted by atomic mass is 10.1. The van der Waals surface area contributed by atoms with E-state index >= 15 is 0 Å². The van der Waals surface area contributed by atoms with Crippen molar-refractivity contribution in [1.29, 1.82) is 0 Å². The Bertz CT molecular complexity index is 488. The summed E-state index contributed by atoms with van der Waals surface area (Å²) in [5.41, 5.74) is 1.25. The van der Waals surface area contributed by atoms with Crippen LogP contribution in [0.4, 0.5) is 0 Å². The van der Waals surface area contributed by atoms with E-state index in [-0.39, 0.29) is 0 Å². The second kappa shape index (κ2) is 3.14. The summed E-state index contributed by atoms with van der Waals surface area (Å²) in [5, 5.41) is 5.19. The summed E-state index contributed by atoms with van der Waals surface area (Å²) in [5.74, 6) is 0.540. The van der Waals surface area contributed by atoms with Crippen LogP contribution in [-0.4, -0.2) is 23.2 Å². The molecule has 4 heteroatoms. The second-order valence-electron chi connectivity index (χ2n) is 3.05. The summed E-state index contributed by atoms with van der Waals surface area (Å²) < 4.78 is 6.85. The van der Waals surface area contributed by atoms with Crippen LogP contribution in [0.5, 0.6) is 5.75 Å². The molecule has 14 heavy (non-hydrogen) atoms. The molecule has 0 unspecified atom stereocenters. The summed E-state index contributed by atoms with van der Waals surface area (Å²) in [6, 6.07) is 3.59. The zero-order chi connectivity index (χ0) is 10.1. The number of hydrogen-bond acceptors (Lipinski definition) is 3. The van der Waals surface area contributed by atoms with E-state index in [0.29, 0.717) is 11.3 Å². The molecule has 0 bridgehead atoms. The van der Waals surface area contributed by atoms with Crippen molar-refractivity contribution in [1.82, 2.24) is 9.78 Å². The maximum Gasteiger partial charge on any atom is 0.157 e. The maximum atomic E-state index is 10.7. The van der Waals surface area contributed by atoms with Crippen LogP contribution in [0.25, 0.3) is 10.9 Å². The first-order valence-corrected chi connectivity index (χ1v) is 4.22. The number of aryl methyl sites for hydroxylation is 1. The van der Waals surface area contributed by atoms with Crippen molar-refractivity contribution >= 4 is 17.2 Å². The van der Waals surface area contributed by atoms with Gasteiger partial charge < -0.3 is 4.74 Å². The van der Waals surface area contributed by atoms with Crippen molar-refractivity contribution in [2.24, 2.45) is 7.05 Å². The van der Waals surface area contributed by atoms with Crippen molar-refractivity contribution < 1.29 is 9.53 Å². The van der Waals surface area contributed by atoms with E-state index in [1.807, 2.05) is 19.3 Å². The number of nitrogens with zero attached hydrogens (tertiary/aromatic N) is 2. The topological polar surface area (TPSA) is 44.1 Å². The van der Waals surface area contributed by atoms with E-state index in [9.17, 15) is 4.79 Å². The van der Waals surface area contributed by atoms with Crippen LogP contribution >= 0.6 is 0 Å². The van der Waals surface area contributed by atoms with Gasteiger partial charge in [0.15, 0.2) is 12.0 Å². The highest BCUT2D eigenvalue weighted by Gasteiger charge is 2.10. The Morgan fingerprint density at radius 1 is 1.50 bits per heavy atom. The van der Waals surface area contributed by atoms with Gasteiger partial charge >= 0.3 is 0 Å². The third kappa shape index (κ3) is 1.16. The number of aromatic nitrogens is 2. The third-order valence-corrected chi connectivity index (χ3v) is 2.11. The van der Waals surface area contributed by atoms with Gasteiger partial charge in [0.1, 0.15) is 5.52 Å². The number of rotatable bonds is 2. The molecule has 1 aromatic carbocycles. The van der Waals surface area contributed by atoms with Gasteiger partial charge in [0.25, 0.3) is 0 Å². The highest BCUT2D eigenvalue weighted by molar-refractivity contribution is 5.93. The molecule has 0 fully saturated rings. The van der Waals surface area contributed by atoms with Crippen LogP contribution in [0, 0.1) is 0 Å². The number of carbonyl (C=O) groups excluding carboxylic acids is 1. The van der Waals surface area contributed by atoms with Gasteiger partial charge in [-0.15, -0.1) is 0 Å². The fourth-order valence-electron chi connectivity index (χ4n) is 1.50. The molecule has 0 N–H and O–H groups in total. The summed E-state index contributed by atoms with van der Waals surface area (Å²) in [6.45, 7) is 0. The maximum absolute atomic E-state index is 10.7. The molecular weight excluding hydrogens is 180 g/mol. The number of benzene rings is 1. The quantitative estimate of drug-likeness (QED) is 0.672. The normalized spacial score (nSPS) is 10.4. The molecule has 4 nitrogen and oxygen atoms in total. The summed E-state index contributed by atoms with van der Waals surface area (Å²) in [6.07, 6.45) is 2.65. The first-order chi connectivity index (χ1) is 6.76. The second-order valence-corrected chi connectivity index (χ2v) is 3.05. The van der Waals surface area contributed by atoms with Gasteiger partial charge in [-0.05, 0) is 6.07 Å². The highest BCUT2D eigenvalue weighted by atomic mass is 16.5. The Balaban J connectivity index is 2.82. The van der Waals surface area contributed by atoms with Gasteiger partial charge in [0, 0.05) is 18.6 Å². The van der Waals surface area contributed by atoms with Crippen LogP contribution in [0.15, 0.2) is 18.3 Å². The van der Waals surface area contributed by atoms with Crippen molar-refractivity contribution in [2.45, 2.75) is 0 Å². The Morgan fingerprint density at radius 2 is 2.29 bits per heavy atom. The van der Waals surface area contributed by atoms with Crippen molar-refractivity contribution in [2.75, 3.05) is 7.11 Å². The molecule has 1 aromatic heterocycles. The minimum Gasteiger partial charge on any atom is -0.494 e. The Morgan fingerprint density at radius 3 is 2.93 bits per heavy atom. The van der Waals surface area contributed by atoms with Crippen LogP contribution < -0.4 is 4.74 Å². The Kier molecular flexibility index (Phi) is 1.96. The highest BCUT2D eigenvalue weighted by Crippen LogP contribution is 2.26. The molecule has 0 aliphatic heterocycles. The minimum atomic E-state index is 0.527. The lowest BCUT2D eigenvalue weighted by Crippen LogP contribution is -1.92. The lowest BCUT2D eigenvalue weighted by Gasteiger charge is -2.02. The fraction of sp³-hybridized carbons (Fsp3) is 0.200. The van der Waals surface area contributed by atoms with Crippen LogP contribution in [0.1, 0.15) is 10.4 Å². The predicted molar refractivity (Wildman–Crippen MR) is 52.7 cm³/mol. The molecule has 72 valence electrons. The smallest absolute Gasteiger partial charge is 0.157 e. The zero-order valence-corrected chi connectivity index (χ0v) is 8.02. The van der Waals surface area contributed by atoms with Crippen LogP contribution in [-0.2, 0) is 7.05 Å². The van der Waals surface area contributed by atoms with Crippen molar-refractivity contribution in [3.63, 3.8) is 0 Å². The van der Waals surface area contributed by atoms with Gasteiger partial charge in [-0.25, -0.2) is 0 Å². The van der Waals surface area contributed by atoms with Gasteiger partial charge in [0.05, 0.1) is 12.7 Å². The first-order valence-electron chi connectivity index (χ1n) is 4.22. The van der Waals surface area contributed by atoms with Gasteiger partial charge in [-0.1, -0.05) is 6.07 Å². The van der Waals surface area contributed by atoms with Crippen LogP contribution in [0.2, 0.25) is 0 Å². The number of aldehydes is 1. The standard InChI is InChI=1S/C10H10N2O2/c1-12-5-7-3-4-8(6-13)10(14-2)9(7)11-12/h3-6H,1-2H3. The molecule has 2 rings (SSSR count). The lowest BCUT2D eigenvalue weighted by molar-refractivity contribution is 0.112. The molecule has 0 aliphatic rings. The average Bonchev–Trinajstić information content (AvgIpc) is 2.56. The number of fused-ring (bicyclic) bond motifs is 1. The number of methoxy groups -OCH3 is 1. The molecule has 0 amide bonds. The van der Waals surface area contributed by atoms with Crippen molar-refractivity contribution in [3.8, 4) is 5.75 Å². The minimum absolute atomic E-state index is 0.527. The zero-order valence-electron chi connectivity index (χ0n) is 8.02. The average molecular weight is 190 g/mol. The molecule has 2 aromatic rings. The van der Waals surface area contributed by atoms with Crippen LogP contribution in [0.3, 0.4) is 0 Å². The molecule has 0 aliphatic carbocycles. The van der Waals surface area contributed by atoms with E-state index in [1.54, 1.807) is 10.7 Å². The molecule has 0 saturated carbocycles. The Labute approximate surface area is 81.1 Å². The SMILES string of the molecule is COc1c(C=O)ccc2cn(C)nc12. The van der Waals surface area contributed by atoms with Crippen molar-refractivity contribution in [3.05, 3.63) is 23.9 Å². The molecule has 0 atom stereocenters. The molecule has 0 saturated heterocycles. The largest absolute Gasteiger partial charge is 0.494 e.